The van der Waals surface area contributed by atoms with Crippen LogP contribution in [0.5, 0.6) is 23.0 Å². The van der Waals surface area contributed by atoms with Gasteiger partial charge in [-0.15, -0.1) is 0 Å². The summed E-state index contributed by atoms with van der Waals surface area (Å²) in [4.78, 5) is 14.9. The second-order valence-electron chi connectivity index (χ2n) is 6.52. The average molecular weight is 395 g/mol. The number of hydrogen-bond donors (Lipinski definition) is 0. The molecule has 0 atom stereocenters. The van der Waals surface area contributed by atoms with Crippen molar-refractivity contribution in [3.8, 4) is 23.0 Å². The molecule has 0 heterocycles. The number of carbonyl (C=O) groups excluding carboxylic acids is 1. The minimum atomic E-state index is -0.0966. The van der Waals surface area contributed by atoms with Crippen LogP contribution in [-0.4, -0.2) is 46.3 Å². The van der Waals surface area contributed by atoms with Crippen molar-refractivity contribution < 1.29 is 23.7 Å². The minimum absolute atomic E-state index is 0.0966. The molecule has 29 heavy (non-hydrogen) atoms. The Morgan fingerprint density at radius 2 is 1.38 bits per heavy atom. The maximum Gasteiger partial charge on any atom is 0.254 e. The third kappa shape index (κ3) is 3.78. The fourth-order valence-corrected chi connectivity index (χ4v) is 3.46. The van der Waals surface area contributed by atoms with E-state index in [-0.39, 0.29) is 5.91 Å². The summed E-state index contributed by atoms with van der Waals surface area (Å²) in [6.07, 6.45) is 0. The monoisotopic (exact) mass is 395 g/mol. The van der Waals surface area contributed by atoms with E-state index in [9.17, 15) is 4.79 Å². The maximum atomic E-state index is 13.2. The molecule has 0 aliphatic rings. The van der Waals surface area contributed by atoms with Gasteiger partial charge in [-0.05, 0) is 29.7 Å². The smallest absolute Gasteiger partial charge is 0.254 e. The van der Waals surface area contributed by atoms with Crippen LogP contribution < -0.4 is 18.9 Å². The van der Waals surface area contributed by atoms with Crippen LogP contribution in [-0.2, 0) is 6.54 Å². The summed E-state index contributed by atoms with van der Waals surface area (Å²) in [5.74, 6) is 2.26. The zero-order valence-corrected chi connectivity index (χ0v) is 17.3. The molecule has 3 rings (SSSR count). The zero-order valence-electron chi connectivity index (χ0n) is 17.3. The van der Waals surface area contributed by atoms with E-state index < -0.39 is 0 Å². The van der Waals surface area contributed by atoms with E-state index in [0.29, 0.717) is 29.4 Å². The molecule has 0 spiro atoms. The number of benzene rings is 3. The zero-order chi connectivity index (χ0) is 21.0. The Morgan fingerprint density at radius 1 is 0.759 bits per heavy atom. The summed E-state index contributed by atoms with van der Waals surface area (Å²) < 4.78 is 21.7. The molecule has 0 radical (unpaired) electrons. The summed E-state index contributed by atoms with van der Waals surface area (Å²) in [5.41, 5.74) is 1.43. The Balaban J connectivity index is 1.96. The van der Waals surface area contributed by atoms with Crippen molar-refractivity contribution in [2.45, 2.75) is 6.54 Å². The molecule has 6 nitrogen and oxygen atoms in total. The van der Waals surface area contributed by atoms with Gasteiger partial charge in [-0.3, -0.25) is 4.79 Å². The summed E-state index contributed by atoms with van der Waals surface area (Å²) in [7, 11) is 8.08. The van der Waals surface area contributed by atoms with E-state index >= 15 is 0 Å². The highest BCUT2D eigenvalue weighted by molar-refractivity contribution is 6.08. The lowest BCUT2D eigenvalue weighted by molar-refractivity contribution is 0.0786. The third-order valence-electron chi connectivity index (χ3n) is 4.87. The van der Waals surface area contributed by atoms with E-state index in [0.717, 1.165) is 22.1 Å². The van der Waals surface area contributed by atoms with Crippen LogP contribution in [0.4, 0.5) is 0 Å². The largest absolute Gasteiger partial charge is 0.496 e. The topological polar surface area (TPSA) is 57.2 Å². The van der Waals surface area contributed by atoms with Crippen LogP contribution in [0.15, 0.2) is 48.5 Å². The van der Waals surface area contributed by atoms with Gasteiger partial charge >= 0.3 is 0 Å². The van der Waals surface area contributed by atoms with Gasteiger partial charge in [0.15, 0.2) is 11.5 Å². The highest BCUT2D eigenvalue weighted by Crippen LogP contribution is 2.40. The molecule has 3 aromatic rings. The SMILES string of the molecule is COc1ccc(CN(C)C(=O)c2ccc(OC)c3ccccc23)c(OC)c1OC. The molecule has 0 fully saturated rings. The van der Waals surface area contributed by atoms with Gasteiger partial charge in [0.25, 0.3) is 5.91 Å². The lowest BCUT2D eigenvalue weighted by atomic mass is 10.0. The van der Waals surface area contributed by atoms with Crippen LogP contribution in [0, 0.1) is 0 Å². The van der Waals surface area contributed by atoms with Gasteiger partial charge in [-0.1, -0.05) is 24.3 Å². The van der Waals surface area contributed by atoms with Gasteiger partial charge < -0.3 is 23.8 Å². The van der Waals surface area contributed by atoms with E-state index in [2.05, 4.69) is 0 Å². The number of rotatable bonds is 7. The first-order chi connectivity index (χ1) is 14.0. The number of fused-ring (bicyclic) bond motifs is 1. The molecule has 1 amide bonds. The van der Waals surface area contributed by atoms with E-state index in [1.54, 1.807) is 52.5 Å². The quantitative estimate of drug-likeness (QED) is 0.602. The van der Waals surface area contributed by atoms with Crippen molar-refractivity contribution in [1.82, 2.24) is 4.90 Å². The van der Waals surface area contributed by atoms with Gasteiger partial charge in [0, 0.05) is 30.1 Å². The summed E-state index contributed by atoms with van der Waals surface area (Å²) in [6.45, 7) is 0.350. The van der Waals surface area contributed by atoms with Gasteiger partial charge in [-0.25, -0.2) is 0 Å². The average Bonchev–Trinajstić information content (AvgIpc) is 2.77. The normalized spacial score (nSPS) is 10.5. The number of methoxy groups -OCH3 is 4. The fourth-order valence-electron chi connectivity index (χ4n) is 3.46. The molecule has 0 bridgehead atoms. The second-order valence-corrected chi connectivity index (χ2v) is 6.52. The molecule has 0 unspecified atom stereocenters. The van der Waals surface area contributed by atoms with Gasteiger partial charge in [0.2, 0.25) is 5.75 Å². The first kappa shape index (κ1) is 20.3. The predicted molar refractivity (Wildman–Crippen MR) is 112 cm³/mol. The molecule has 0 saturated carbocycles. The standard InChI is InChI=1S/C23H25NO5/c1-24(14-15-10-12-20(27-3)22(29-5)21(15)28-4)23(25)18-11-13-19(26-2)17-9-7-6-8-16(17)18/h6-13H,14H2,1-5H3. The number of amides is 1. The molecule has 0 N–H and O–H groups in total. The highest BCUT2D eigenvalue weighted by atomic mass is 16.5. The second kappa shape index (κ2) is 8.73. The van der Waals surface area contributed by atoms with Crippen molar-refractivity contribution in [2.75, 3.05) is 35.5 Å². The molecule has 3 aromatic carbocycles. The number of hydrogen-bond acceptors (Lipinski definition) is 5. The van der Waals surface area contributed by atoms with Crippen LogP contribution in [0.3, 0.4) is 0 Å². The molecule has 0 aliphatic carbocycles. The number of ether oxygens (including phenoxy) is 4. The van der Waals surface area contributed by atoms with E-state index in [4.69, 9.17) is 18.9 Å². The molecule has 0 aromatic heterocycles. The summed E-state index contributed by atoms with van der Waals surface area (Å²) >= 11 is 0. The molecule has 0 saturated heterocycles. The number of carbonyl (C=O) groups is 1. The molecule has 6 heteroatoms. The van der Waals surface area contributed by atoms with Crippen molar-refractivity contribution in [1.29, 1.82) is 0 Å². The Kier molecular flexibility index (Phi) is 6.12. The molecular formula is C23H25NO5. The Bertz CT molecular complexity index is 1030. The third-order valence-corrected chi connectivity index (χ3v) is 4.87. The first-order valence-corrected chi connectivity index (χ1v) is 9.14. The fraction of sp³-hybridized carbons (Fsp3) is 0.261. The number of nitrogens with zero attached hydrogens (tertiary/aromatic N) is 1. The maximum absolute atomic E-state index is 13.2. The van der Waals surface area contributed by atoms with Gasteiger partial charge in [0.1, 0.15) is 5.75 Å². The predicted octanol–water partition coefficient (Wildman–Crippen LogP) is 4.15. The first-order valence-electron chi connectivity index (χ1n) is 9.14. The Hall–Kier alpha value is -3.41. The minimum Gasteiger partial charge on any atom is -0.496 e. The van der Waals surface area contributed by atoms with Gasteiger partial charge in [0.05, 0.1) is 28.4 Å². The van der Waals surface area contributed by atoms with E-state index in [1.165, 1.54) is 0 Å². The lowest BCUT2D eigenvalue weighted by Gasteiger charge is -2.22. The molecule has 152 valence electrons. The lowest BCUT2D eigenvalue weighted by Crippen LogP contribution is -2.26. The summed E-state index contributed by atoms with van der Waals surface area (Å²) in [5, 5.41) is 1.75. The van der Waals surface area contributed by atoms with Crippen LogP contribution in [0.2, 0.25) is 0 Å². The summed E-state index contributed by atoms with van der Waals surface area (Å²) in [6, 6.07) is 15.0. The van der Waals surface area contributed by atoms with Crippen molar-refractivity contribution >= 4 is 16.7 Å². The highest BCUT2D eigenvalue weighted by Gasteiger charge is 2.21. The van der Waals surface area contributed by atoms with Gasteiger partial charge in [-0.2, -0.15) is 0 Å². The van der Waals surface area contributed by atoms with Crippen molar-refractivity contribution in [3.63, 3.8) is 0 Å². The van der Waals surface area contributed by atoms with Crippen LogP contribution in [0.25, 0.3) is 10.8 Å². The van der Waals surface area contributed by atoms with Crippen LogP contribution in [0.1, 0.15) is 15.9 Å². The van der Waals surface area contributed by atoms with Crippen LogP contribution >= 0.6 is 0 Å². The van der Waals surface area contributed by atoms with E-state index in [1.807, 2.05) is 36.4 Å². The van der Waals surface area contributed by atoms with Crippen molar-refractivity contribution in [2.24, 2.45) is 0 Å². The molecular weight excluding hydrogens is 370 g/mol. The molecule has 0 aliphatic heterocycles. The Morgan fingerprint density at radius 3 is 2.00 bits per heavy atom. The van der Waals surface area contributed by atoms with Crippen molar-refractivity contribution in [3.05, 3.63) is 59.7 Å². The Labute approximate surface area is 170 Å².